The van der Waals surface area contributed by atoms with Crippen molar-refractivity contribution in [1.82, 2.24) is 15.1 Å². The fourth-order valence-electron chi connectivity index (χ4n) is 2.67. The molecule has 7 heteroatoms. The summed E-state index contributed by atoms with van der Waals surface area (Å²) in [5, 5.41) is 7.67. The fraction of sp³-hybridized carbons (Fsp3) is 0.643. The van der Waals surface area contributed by atoms with Gasteiger partial charge in [0.2, 0.25) is 0 Å². The van der Waals surface area contributed by atoms with Gasteiger partial charge >= 0.3 is 0 Å². The molecule has 0 radical (unpaired) electrons. The van der Waals surface area contributed by atoms with E-state index in [1.54, 1.807) is 17.9 Å². The van der Waals surface area contributed by atoms with Gasteiger partial charge < -0.3 is 4.90 Å². The van der Waals surface area contributed by atoms with Gasteiger partial charge in [-0.1, -0.05) is 0 Å². The second-order valence-corrected chi connectivity index (χ2v) is 7.91. The molecule has 116 valence electrons. The van der Waals surface area contributed by atoms with Crippen molar-refractivity contribution >= 4 is 15.7 Å². The van der Waals surface area contributed by atoms with Gasteiger partial charge in [0.15, 0.2) is 0 Å². The van der Waals surface area contributed by atoms with Gasteiger partial charge in [-0.3, -0.25) is 4.79 Å². The first kappa shape index (κ1) is 15.9. The number of hydrogen-bond acceptors (Lipinski definition) is 5. The van der Waals surface area contributed by atoms with Gasteiger partial charge in [0.25, 0.3) is 5.91 Å². The SMILES string of the molecule is Cc1cc(C(=O)N2CCCCC2CCS(C)(=O)=O)cnn1. The van der Waals surface area contributed by atoms with E-state index in [1.165, 1.54) is 12.5 Å². The first-order valence-corrected chi connectivity index (χ1v) is 9.21. The second-order valence-electron chi connectivity index (χ2n) is 5.65. The molecule has 0 aromatic carbocycles. The van der Waals surface area contributed by atoms with Gasteiger partial charge in [0.1, 0.15) is 9.84 Å². The molecular formula is C14H21N3O3S. The smallest absolute Gasteiger partial charge is 0.255 e. The van der Waals surface area contributed by atoms with E-state index in [9.17, 15) is 13.2 Å². The van der Waals surface area contributed by atoms with Crippen LogP contribution in [0.1, 0.15) is 41.7 Å². The molecule has 2 heterocycles. The van der Waals surface area contributed by atoms with Crippen LogP contribution in [0.4, 0.5) is 0 Å². The molecule has 1 saturated heterocycles. The predicted octanol–water partition coefficient (Wildman–Crippen LogP) is 1.21. The Kier molecular flexibility index (Phi) is 4.92. The highest BCUT2D eigenvalue weighted by Crippen LogP contribution is 2.22. The second kappa shape index (κ2) is 6.51. The van der Waals surface area contributed by atoms with Gasteiger partial charge in [-0.05, 0) is 38.7 Å². The molecule has 2 rings (SSSR count). The molecule has 1 atom stereocenters. The Bertz CT molecular complexity index is 616. The molecule has 1 unspecified atom stereocenters. The van der Waals surface area contributed by atoms with Gasteiger partial charge in [0, 0.05) is 18.8 Å². The highest BCUT2D eigenvalue weighted by molar-refractivity contribution is 7.90. The number of aromatic nitrogens is 2. The summed E-state index contributed by atoms with van der Waals surface area (Å²) in [4.78, 5) is 14.4. The van der Waals surface area contributed by atoms with Crippen LogP contribution < -0.4 is 0 Å². The Morgan fingerprint density at radius 2 is 2.19 bits per heavy atom. The molecule has 21 heavy (non-hydrogen) atoms. The third kappa shape index (κ3) is 4.49. The van der Waals surface area contributed by atoms with Gasteiger partial charge in [0.05, 0.1) is 23.2 Å². The Morgan fingerprint density at radius 3 is 2.86 bits per heavy atom. The average Bonchev–Trinajstić information content (AvgIpc) is 2.44. The zero-order valence-electron chi connectivity index (χ0n) is 12.4. The van der Waals surface area contributed by atoms with E-state index >= 15 is 0 Å². The van der Waals surface area contributed by atoms with Crippen LogP contribution in [0.25, 0.3) is 0 Å². The lowest BCUT2D eigenvalue weighted by Crippen LogP contribution is -2.44. The molecule has 1 aliphatic rings. The van der Waals surface area contributed by atoms with Crippen LogP contribution in [0.2, 0.25) is 0 Å². The van der Waals surface area contributed by atoms with Crippen LogP contribution in [0.5, 0.6) is 0 Å². The lowest BCUT2D eigenvalue weighted by atomic mass is 9.99. The van der Waals surface area contributed by atoms with E-state index in [4.69, 9.17) is 0 Å². The van der Waals surface area contributed by atoms with E-state index in [-0.39, 0.29) is 17.7 Å². The van der Waals surface area contributed by atoms with Crippen molar-refractivity contribution in [3.63, 3.8) is 0 Å². The highest BCUT2D eigenvalue weighted by atomic mass is 32.2. The van der Waals surface area contributed by atoms with E-state index in [2.05, 4.69) is 10.2 Å². The zero-order chi connectivity index (χ0) is 15.5. The molecule has 0 N–H and O–H groups in total. The van der Waals surface area contributed by atoms with Crippen molar-refractivity contribution in [2.45, 2.75) is 38.6 Å². The van der Waals surface area contributed by atoms with Crippen molar-refractivity contribution < 1.29 is 13.2 Å². The number of carbonyl (C=O) groups is 1. The minimum absolute atomic E-state index is 0.00514. The predicted molar refractivity (Wildman–Crippen MR) is 79.8 cm³/mol. The summed E-state index contributed by atoms with van der Waals surface area (Å²) < 4.78 is 22.7. The normalized spacial score (nSPS) is 19.5. The summed E-state index contributed by atoms with van der Waals surface area (Å²) in [6, 6.07) is 1.71. The summed E-state index contributed by atoms with van der Waals surface area (Å²) in [6.45, 7) is 2.47. The highest BCUT2D eigenvalue weighted by Gasteiger charge is 2.28. The molecule has 1 aliphatic heterocycles. The minimum Gasteiger partial charge on any atom is -0.336 e. The van der Waals surface area contributed by atoms with Crippen molar-refractivity contribution in [1.29, 1.82) is 0 Å². The van der Waals surface area contributed by atoms with Crippen LogP contribution in [0, 0.1) is 6.92 Å². The van der Waals surface area contributed by atoms with Crippen LogP contribution >= 0.6 is 0 Å². The van der Waals surface area contributed by atoms with E-state index in [0.717, 1.165) is 19.3 Å². The van der Waals surface area contributed by atoms with Crippen LogP contribution in [-0.4, -0.2) is 54.0 Å². The number of carbonyl (C=O) groups excluding carboxylic acids is 1. The number of hydrogen-bond donors (Lipinski definition) is 0. The Morgan fingerprint density at radius 1 is 1.43 bits per heavy atom. The summed E-state index contributed by atoms with van der Waals surface area (Å²) >= 11 is 0. The largest absolute Gasteiger partial charge is 0.336 e. The number of rotatable bonds is 4. The van der Waals surface area contributed by atoms with Crippen molar-refractivity contribution in [3.8, 4) is 0 Å². The van der Waals surface area contributed by atoms with E-state index < -0.39 is 9.84 Å². The molecule has 6 nitrogen and oxygen atoms in total. The topological polar surface area (TPSA) is 80.2 Å². The minimum atomic E-state index is -3.00. The molecule has 1 fully saturated rings. The van der Waals surface area contributed by atoms with Crippen LogP contribution in [0.3, 0.4) is 0 Å². The number of nitrogens with zero attached hydrogens (tertiary/aromatic N) is 3. The zero-order valence-corrected chi connectivity index (χ0v) is 13.3. The van der Waals surface area contributed by atoms with E-state index in [1.807, 2.05) is 0 Å². The molecule has 1 aromatic rings. The fourth-order valence-corrected chi connectivity index (χ4v) is 3.37. The van der Waals surface area contributed by atoms with Crippen LogP contribution in [0.15, 0.2) is 12.3 Å². The van der Waals surface area contributed by atoms with Gasteiger partial charge in [-0.2, -0.15) is 10.2 Å². The molecule has 0 aliphatic carbocycles. The monoisotopic (exact) mass is 311 g/mol. The quantitative estimate of drug-likeness (QED) is 0.835. The Hall–Kier alpha value is -1.50. The lowest BCUT2D eigenvalue weighted by Gasteiger charge is -2.35. The Balaban J connectivity index is 2.12. The third-order valence-electron chi connectivity index (χ3n) is 3.73. The summed E-state index contributed by atoms with van der Waals surface area (Å²) in [6.07, 6.45) is 6.06. The van der Waals surface area contributed by atoms with Crippen molar-refractivity contribution in [2.75, 3.05) is 18.6 Å². The number of likely N-dealkylation sites (tertiary alicyclic amines) is 1. The maximum atomic E-state index is 12.6. The Labute approximate surface area is 125 Å². The lowest BCUT2D eigenvalue weighted by molar-refractivity contribution is 0.0608. The van der Waals surface area contributed by atoms with Crippen molar-refractivity contribution in [3.05, 3.63) is 23.5 Å². The maximum Gasteiger partial charge on any atom is 0.255 e. The molecule has 0 spiro atoms. The van der Waals surface area contributed by atoms with Gasteiger partial charge in [-0.25, -0.2) is 8.42 Å². The molecule has 0 bridgehead atoms. The standard InChI is InChI=1S/C14H21N3O3S/c1-11-9-12(10-15-16-11)14(18)17-7-4-3-5-13(17)6-8-21(2,19)20/h9-10,13H,3-8H2,1-2H3. The summed E-state index contributed by atoms with van der Waals surface area (Å²) in [7, 11) is -3.00. The third-order valence-corrected chi connectivity index (χ3v) is 4.71. The number of sulfone groups is 1. The first-order chi connectivity index (χ1) is 9.87. The number of piperidine rings is 1. The number of amides is 1. The van der Waals surface area contributed by atoms with Crippen molar-refractivity contribution in [2.24, 2.45) is 0 Å². The molecular weight excluding hydrogens is 290 g/mol. The summed E-state index contributed by atoms with van der Waals surface area (Å²) in [5.74, 6) is 0.0425. The molecule has 1 amide bonds. The van der Waals surface area contributed by atoms with Crippen LogP contribution in [-0.2, 0) is 9.84 Å². The van der Waals surface area contributed by atoms with Gasteiger partial charge in [-0.15, -0.1) is 0 Å². The molecule has 0 saturated carbocycles. The first-order valence-electron chi connectivity index (χ1n) is 7.15. The molecule has 1 aromatic heterocycles. The number of aryl methyl sites for hydroxylation is 1. The maximum absolute atomic E-state index is 12.6. The average molecular weight is 311 g/mol. The summed E-state index contributed by atoms with van der Waals surface area (Å²) in [5.41, 5.74) is 1.22. The van der Waals surface area contributed by atoms with E-state index in [0.29, 0.717) is 24.2 Å².